The maximum Gasteiger partial charge on any atom is 0.341 e. The third-order valence-electron chi connectivity index (χ3n) is 3.11. The van der Waals surface area contributed by atoms with Crippen molar-refractivity contribution in [1.29, 1.82) is 0 Å². The van der Waals surface area contributed by atoms with Crippen molar-refractivity contribution in [3.63, 3.8) is 0 Å². The molecule has 1 aromatic rings. The maximum absolute atomic E-state index is 12.7. The first-order valence-corrected chi connectivity index (χ1v) is 11.7. The molecule has 10 heteroatoms. The van der Waals surface area contributed by atoms with Crippen LogP contribution in [0.15, 0.2) is 10.5 Å². The second-order valence-electron chi connectivity index (χ2n) is 5.17. The minimum atomic E-state index is -3.37. The monoisotopic (exact) mass is 422 g/mol. The van der Waals surface area contributed by atoms with Gasteiger partial charge in [0.2, 0.25) is 0 Å². The Hall–Kier alpha value is -1.28. The largest absolute Gasteiger partial charge is 0.465 e. The summed E-state index contributed by atoms with van der Waals surface area (Å²) in [5, 5.41) is 0. The molecule has 0 saturated heterocycles. The Morgan fingerprint density at radius 3 is 2.22 bits per heavy atom. The second-order valence-corrected chi connectivity index (χ2v) is 8.21. The van der Waals surface area contributed by atoms with Crippen molar-refractivity contribution in [2.75, 3.05) is 32.2 Å². The number of thioether (sulfide) groups is 1. The molecular formula is C17H27O8PS. The Morgan fingerprint density at radius 1 is 1.04 bits per heavy atom. The third-order valence-corrected chi connectivity index (χ3v) is 6.02. The molecule has 0 radical (unpaired) electrons. The van der Waals surface area contributed by atoms with Crippen molar-refractivity contribution in [2.24, 2.45) is 0 Å². The van der Waals surface area contributed by atoms with Gasteiger partial charge in [-0.2, -0.15) is 0 Å². The van der Waals surface area contributed by atoms with Gasteiger partial charge in [0.15, 0.2) is 0 Å². The number of furan rings is 1. The molecule has 27 heavy (non-hydrogen) atoms. The van der Waals surface area contributed by atoms with E-state index in [1.165, 1.54) is 17.8 Å². The maximum atomic E-state index is 12.7. The van der Waals surface area contributed by atoms with Crippen LogP contribution in [0.25, 0.3) is 0 Å². The van der Waals surface area contributed by atoms with E-state index in [2.05, 4.69) is 0 Å². The molecule has 1 rings (SSSR count). The molecule has 0 aliphatic heterocycles. The molecule has 1 heterocycles. The van der Waals surface area contributed by atoms with Crippen molar-refractivity contribution in [1.82, 2.24) is 0 Å². The zero-order valence-corrected chi connectivity index (χ0v) is 17.9. The summed E-state index contributed by atoms with van der Waals surface area (Å²) in [6.07, 6.45) is -0.0936. The summed E-state index contributed by atoms with van der Waals surface area (Å²) < 4.78 is 38.8. The average molecular weight is 422 g/mol. The molecule has 0 aromatic carbocycles. The standard InChI is InChI=1S/C17H27O8PS/c1-5-21-16(18)12-27-11-15-14(17(19)22-6-2)9-13(25-15)10-26(20,23-7-3)24-8-4/h9H,5-8,10-12H2,1-4H3. The van der Waals surface area contributed by atoms with Gasteiger partial charge < -0.3 is 22.9 Å². The van der Waals surface area contributed by atoms with E-state index in [9.17, 15) is 14.2 Å². The first-order chi connectivity index (χ1) is 12.9. The minimum absolute atomic E-state index is 0.0936. The van der Waals surface area contributed by atoms with Crippen LogP contribution in [0.2, 0.25) is 0 Å². The predicted octanol–water partition coefficient (Wildman–Crippen LogP) is 4.02. The van der Waals surface area contributed by atoms with Gasteiger partial charge in [-0.05, 0) is 33.8 Å². The lowest BCUT2D eigenvalue weighted by Crippen LogP contribution is -2.08. The zero-order chi connectivity index (χ0) is 20.3. The van der Waals surface area contributed by atoms with E-state index in [1.54, 1.807) is 27.7 Å². The van der Waals surface area contributed by atoms with Crippen LogP contribution in [0.5, 0.6) is 0 Å². The molecular weight excluding hydrogens is 395 g/mol. The summed E-state index contributed by atoms with van der Waals surface area (Å²) in [6.45, 7) is 7.84. The van der Waals surface area contributed by atoms with E-state index >= 15 is 0 Å². The van der Waals surface area contributed by atoms with Gasteiger partial charge in [-0.15, -0.1) is 11.8 Å². The lowest BCUT2D eigenvalue weighted by atomic mass is 10.2. The van der Waals surface area contributed by atoms with Crippen LogP contribution in [0.1, 0.15) is 49.6 Å². The van der Waals surface area contributed by atoms with E-state index < -0.39 is 13.6 Å². The molecule has 0 aliphatic rings. The number of esters is 2. The molecule has 0 atom stereocenters. The summed E-state index contributed by atoms with van der Waals surface area (Å²) >= 11 is 1.25. The number of ether oxygens (including phenoxy) is 2. The van der Waals surface area contributed by atoms with Gasteiger partial charge in [0.25, 0.3) is 0 Å². The Balaban J connectivity index is 2.95. The van der Waals surface area contributed by atoms with Crippen molar-refractivity contribution < 1.29 is 37.1 Å². The van der Waals surface area contributed by atoms with Gasteiger partial charge in [0.05, 0.1) is 37.9 Å². The van der Waals surface area contributed by atoms with Crippen molar-refractivity contribution >= 4 is 31.3 Å². The zero-order valence-electron chi connectivity index (χ0n) is 16.1. The molecule has 0 aliphatic carbocycles. The molecule has 0 amide bonds. The third kappa shape index (κ3) is 8.09. The molecule has 0 N–H and O–H groups in total. The van der Waals surface area contributed by atoms with Crippen LogP contribution in [-0.4, -0.2) is 44.1 Å². The van der Waals surface area contributed by atoms with Crippen molar-refractivity contribution in [2.45, 2.75) is 39.6 Å². The lowest BCUT2D eigenvalue weighted by molar-refractivity contribution is -0.139. The van der Waals surface area contributed by atoms with Crippen molar-refractivity contribution in [3.8, 4) is 0 Å². The van der Waals surface area contributed by atoms with Crippen LogP contribution >= 0.6 is 19.4 Å². The van der Waals surface area contributed by atoms with E-state index in [-0.39, 0.29) is 49.0 Å². The number of rotatable bonds is 13. The highest BCUT2D eigenvalue weighted by molar-refractivity contribution is 7.99. The number of carbonyl (C=O) groups is 2. The van der Waals surface area contributed by atoms with Crippen LogP contribution in [0.3, 0.4) is 0 Å². The molecule has 0 bridgehead atoms. The van der Waals surface area contributed by atoms with Crippen LogP contribution in [0.4, 0.5) is 0 Å². The van der Waals surface area contributed by atoms with Gasteiger partial charge in [0.1, 0.15) is 23.2 Å². The smallest absolute Gasteiger partial charge is 0.341 e. The molecule has 8 nitrogen and oxygen atoms in total. The molecule has 0 spiro atoms. The Morgan fingerprint density at radius 2 is 1.67 bits per heavy atom. The van der Waals surface area contributed by atoms with Gasteiger partial charge in [-0.25, -0.2) is 4.79 Å². The van der Waals surface area contributed by atoms with Crippen molar-refractivity contribution in [3.05, 3.63) is 23.2 Å². The van der Waals surface area contributed by atoms with Gasteiger partial charge in [-0.3, -0.25) is 9.36 Å². The van der Waals surface area contributed by atoms with E-state index in [1.807, 2.05) is 0 Å². The fourth-order valence-corrected chi connectivity index (χ4v) is 4.53. The first-order valence-electron chi connectivity index (χ1n) is 8.79. The Labute approximate surface area is 163 Å². The highest BCUT2D eigenvalue weighted by atomic mass is 32.2. The Bertz CT molecular complexity index is 647. The summed E-state index contributed by atoms with van der Waals surface area (Å²) in [5.41, 5.74) is 0.239. The normalized spacial score (nSPS) is 11.4. The summed E-state index contributed by atoms with van der Waals surface area (Å²) in [6, 6.07) is 1.49. The summed E-state index contributed by atoms with van der Waals surface area (Å²) in [4.78, 5) is 23.6. The van der Waals surface area contributed by atoms with Crippen LogP contribution in [-0.2, 0) is 39.8 Å². The fraction of sp³-hybridized carbons (Fsp3) is 0.647. The van der Waals surface area contributed by atoms with Gasteiger partial charge in [-0.1, -0.05) is 0 Å². The van der Waals surface area contributed by atoms with E-state index in [4.69, 9.17) is 22.9 Å². The quantitative estimate of drug-likeness (QED) is 0.344. The first kappa shape index (κ1) is 23.8. The van der Waals surface area contributed by atoms with Crippen LogP contribution < -0.4 is 0 Å². The highest BCUT2D eigenvalue weighted by Crippen LogP contribution is 2.51. The molecule has 154 valence electrons. The Kier molecular flexibility index (Phi) is 10.8. The minimum Gasteiger partial charge on any atom is -0.465 e. The number of carbonyl (C=O) groups excluding carboxylic acids is 2. The summed E-state index contributed by atoms with van der Waals surface area (Å²) in [5.74, 6) is 0.154. The predicted molar refractivity (Wildman–Crippen MR) is 102 cm³/mol. The molecule has 0 saturated carbocycles. The topological polar surface area (TPSA) is 101 Å². The SMILES string of the molecule is CCOC(=O)CSCc1oc(CP(=O)(OCC)OCC)cc1C(=O)OCC. The number of hydrogen-bond acceptors (Lipinski definition) is 9. The van der Waals surface area contributed by atoms with Gasteiger partial charge >= 0.3 is 19.5 Å². The van der Waals surface area contributed by atoms with E-state index in [0.29, 0.717) is 18.1 Å². The van der Waals surface area contributed by atoms with Gasteiger partial charge in [0, 0.05) is 0 Å². The average Bonchev–Trinajstić information content (AvgIpc) is 2.98. The highest BCUT2D eigenvalue weighted by Gasteiger charge is 2.28. The lowest BCUT2D eigenvalue weighted by Gasteiger charge is -2.15. The molecule has 1 aromatic heterocycles. The summed E-state index contributed by atoms with van der Waals surface area (Å²) in [7, 11) is -3.37. The molecule has 0 fully saturated rings. The fourth-order valence-electron chi connectivity index (χ4n) is 2.19. The molecule has 0 unspecified atom stereocenters. The van der Waals surface area contributed by atoms with Crippen LogP contribution in [0, 0.1) is 0 Å². The van der Waals surface area contributed by atoms with E-state index in [0.717, 1.165) is 0 Å². The second kappa shape index (κ2) is 12.2. The number of hydrogen-bond donors (Lipinski definition) is 0.